The van der Waals surface area contributed by atoms with Crippen LogP contribution in [0, 0.1) is 0 Å². The maximum absolute atomic E-state index is 12.5. The maximum Gasteiger partial charge on any atom is 0.423 e. The molecule has 5 nitrogen and oxygen atoms in total. The fraction of sp³-hybridized carbons (Fsp3) is 0.375. The zero-order valence-electron chi connectivity index (χ0n) is 8.13. The van der Waals surface area contributed by atoms with Gasteiger partial charge in [-0.3, -0.25) is 4.79 Å². The molecular formula is C8H8F3N3O2. The Balaban J connectivity index is 3.24. The summed E-state index contributed by atoms with van der Waals surface area (Å²) >= 11 is 0. The standard InChI is InChI=1S/C8H8F3N3O2/c1-4(3-15)13-5-2-12-14-7(16)6(5)8(9,10)11/h2-4H,1H3,(H2,13,14,16). The van der Waals surface area contributed by atoms with Crippen molar-refractivity contribution in [3.8, 4) is 0 Å². The number of aromatic amines is 1. The second-order valence-corrected chi connectivity index (χ2v) is 3.05. The summed E-state index contributed by atoms with van der Waals surface area (Å²) in [5.41, 5.74) is -3.26. The molecule has 1 aromatic heterocycles. The molecule has 0 saturated carbocycles. The van der Waals surface area contributed by atoms with Crippen LogP contribution in [0.15, 0.2) is 11.0 Å². The zero-order valence-corrected chi connectivity index (χ0v) is 8.13. The largest absolute Gasteiger partial charge is 0.423 e. The Morgan fingerprint density at radius 2 is 2.19 bits per heavy atom. The van der Waals surface area contributed by atoms with Crippen LogP contribution in [0.5, 0.6) is 0 Å². The number of hydrogen-bond donors (Lipinski definition) is 2. The fourth-order valence-corrected chi connectivity index (χ4v) is 1.07. The SMILES string of the molecule is CC(C=O)Nc1cn[nH]c(=O)c1C(F)(F)F. The molecule has 16 heavy (non-hydrogen) atoms. The third kappa shape index (κ3) is 2.59. The third-order valence-corrected chi connectivity index (χ3v) is 1.73. The number of anilines is 1. The van der Waals surface area contributed by atoms with E-state index in [1.807, 2.05) is 0 Å². The molecule has 0 bridgehead atoms. The number of alkyl halides is 3. The van der Waals surface area contributed by atoms with E-state index in [0.717, 1.165) is 6.20 Å². The van der Waals surface area contributed by atoms with Crippen molar-refractivity contribution in [2.75, 3.05) is 5.32 Å². The highest BCUT2D eigenvalue weighted by atomic mass is 19.4. The van der Waals surface area contributed by atoms with E-state index in [1.165, 1.54) is 6.92 Å². The number of carbonyl (C=O) groups is 1. The van der Waals surface area contributed by atoms with Gasteiger partial charge in [-0.15, -0.1) is 0 Å². The lowest BCUT2D eigenvalue weighted by Gasteiger charge is -2.14. The van der Waals surface area contributed by atoms with Gasteiger partial charge in [-0.2, -0.15) is 18.3 Å². The molecule has 1 unspecified atom stereocenters. The van der Waals surface area contributed by atoms with Crippen molar-refractivity contribution in [3.05, 3.63) is 22.1 Å². The average Bonchev–Trinajstić information content (AvgIpc) is 2.15. The number of carbonyl (C=O) groups excluding carboxylic acids is 1. The highest BCUT2D eigenvalue weighted by molar-refractivity contribution is 5.64. The first-order valence-electron chi connectivity index (χ1n) is 4.23. The van der Waals surface area contributed by atoms with Gasteiger partial charge in [0.1, 0.15) is 11.8 Å². The van der Waals surface area contributed by atoms with Crippen LogP contribution >= 0.6 is 0 Å². The highest BCUT2D eigenvalue weighted by Crippen LogP contribution is 2.31. The van der Waals surface area contributed by atoms with Crippen molar-refractivity contribution in [3.63, 3.8) is 0 Å². The summed E-state index contributed by atoms with van der Waals surface area (Å²) in [5, 5.41) is 7.15. The molecule has 0 amide bonds. The minimum Gasteiger partial charge on any atom is -0.374 e. The van der Waals surface area contributed by atoms with E-state index in [2.05, 4.69) is 10.4 Å². The van der Waals surface area contributed by atoms with E-state index >= 15 is 0 Å². The van der Waals surface area contributed by atoms with E-state index < -0.39 is 29.0 Å². The van der Waals surface area contributed by atoms with Crippen LogP contribution < -0.4 is 10.9 Å². The topological polar surface area (TPSA) is 74.8 Å². The summed E-state index contributed by atoms with van der Waals surface area (Å²) in [6, 6.07) is -0.843. The summed E-state index contributed by atoms with van der Waals surface area (Å²) in [7, 11) is 0. The molecule has 0 aromatic carbocycles. The van der Waals surface area contributed by atoms with Gasteiger partial charge in [0.15, 0.2) is 0 Å². The minimum absolute atomic E-state index is 0.418. The van der Waals surface area contributed by atoms with Crippen molar-refractivity contribution in [2.24, 2.45) is 0 Å². The van der Waals surface area contributed by atoms with E-state index in [4.69, 9.17) is 0 Å². The Bertz CT molecular complexity index is 441. The fourth-order valence-electron chi connectivity index (χ4n) is 1.07. The number of halogens is 3. The Labute approximate surface area is 87.7 Å². The average molecular weight is 235 g/mol. The van der Waals surface area contributed by atoms with E-state index in [0.29, 0.717) is 6.29 Å². The normalized spacial score (nSPS) is 13.2. The summed E-state index contributed by atoms with van der Waals surface area (Å²) < 4.78 is 37.5. The predicted molar refractivity (Wildman–Crippen MR) is 49.0 cm³/mol. The monoisotopic (exact) mass is 235 g/mol. The van der Waals surface area contributed by atoms with Crippen LogP contribution in [0.3, 0.4) is 0 Å². The second-order valence-electron chi connectivity index (χ2n) is 3.05. The van der Waals surface area contributed by atoms with E-state index in [-0.39, 0.29) is 0 Å². The van der Waals surface area contributed by atoms with Crippen molar-refractivity contribution in [2.45, 2.75) is 19.1 Å². The second kappa shape index (κ2) is 4.33. The van der Waals surface area contributed by atoms with Crippen molar-refractivity contribution in [1.82, 2.24) is 10.2 Å². The highest BCUT2D eigenvalue weighted by Gasteiger charge is 2.37. The molecule has 1 heterocycles. The lowest BCUT2D eigenvalue weighted by Crippen LogP contribution is -2.27. The van der Waals surface area contributed by atoms with Gasteiger partial charge in [-0.25, -0.2) is 5.10 Å². The minimum atomic E-state index is -4.80. The molecule has 0 aliphatic carbocycles. The number of rotatable bonds is 3. The Kier molecular flexibility index (Phi) is 3.31. The first-order chi connectivity index (χ1) is 7.36. The predicted octanol–water partition coefficient (Wildman–Crippen LogP) is 0.788. The van der Waals surface area contributed by atoms with Gasteiger partial charge < -0.3 is 10.1 Å². The van der Waals surface area contributed by atoms with Gasteiger partial charge in [0.05, 0.1) is 17.9 Å². The molecular weight excluding hydrogens is 227 g/mol. The molecule has 8 heteroatoms. The Morgan fingerprint density at radius 1 is 1.56 bits per heavy atom. The van der Waals surface area contributed by atoms with Gasteiger partial charge in [0, 0.05) is 0 Å². The number of aldehydes is 1. The summed E-state index contributed by atoms with van der Waals surface area (Å²) in [4.78, 5) is 21.3. The molecule has 0 aliphatic heterocycles. The molecule has 0 aliphatic rings. The molecule has 88 valence electrons. The summed E-state index contributed by atoms with van der Waals surface area (Å²) in [6.45, 7) is 1.36. The number of aromatic nitrogens is 2. The van der Waals surface area contributed by atoms with Crippen LogP contribution in [-0.4, -0.2) is 22.5 Å². The van der Waals surface area contributed by atoms with Crippen molar-refractivity contribution in [1.29, 1.82) is 0 Å². The van der Waals surface area contributed by atoms with Crippen molar-refractivity contribution >= 4 is 12.0 Å². The molecule has 0 saturated heterocycles. The number of nitrogens with one attached hydrogen (secondary N) is 2. The van der Waals surface area contributed by atoms with E-state index in [1.54, 1.807) is 5.10 Å². The molecule has 0 spiro atoms. The summed E-state index contributed by atoms with van der Waals surface area (Å²) in [6.07, 6.45) is -3.58. The van der Waals surface area contributed by atoms with Crippen molar-refractivity contribution < 1.29 is 18.0 Å². The quantitative estimate of drug-likeness (QED) is 0.759. The van der Waals surface area contributed by atoms with Crippen LogP contribution in [-0.2, 0) is 11.0 Å². The maximum atomic E-state index is 12.5. The molecule has 1 atom stereocenters. The summed E-state index contributed by atoms with van der Waals surface area (Å²) in [5.74, 6) is 0. The lowest BCUT2D eigenvalue weighted by atomic mass is 10.2. The zero-order chi connectivity index (χ0) is 12.3. The van der Waals surface area contributed by atoms with Gasteiger partial charge in [-0.1, -0.05) is 0 Å². The van der Waals surface area contributed by atoms with Gasteiger partial charge in [-0.05, 0) is 6.92 Å². The Morgan fingerprint density at radius 3 is 2.69 bits per heavy atom. The first-order valence-corrected chi connectivity index (χ1v) is 4.23. The van der Waals surface area contributed by atoms with Crippen LogP contribution in [0.1, 0.15) is 12.5 Å². The molecule has 1 rings (SSSR count). The van der Waals surface area contributed by atoms with Gasteiger partial charge in [0.2, 0.25) is 0 Å². The van der Waals surface area contributed by atoms with Crippen LogP contribution in [0.2, 0.25) is 0 Å². The smallest absolute Gasteiger partial charge is 0.374 e. The first kappa shape index (κ1) is 12.2. The van der Waals surface area contributed by atoms with Crippen LogP contribution in [0.25, 0.3) is 0 Å². The van der Waals surface area contributed by atoms with Gasteiger partial charge >= 0.3 is 6.18 Å². The van der Waals surface area contributed by atoms with Crippen LogP contribution in [0.4, 0.5) is 18.9 Å². The van der Waals surface area contributed by atoms with Gasteiger partial charge in [0.25, 0.3) is 5.56 Å². The van der Waals surface area contributed by atoms with E-state index in [9.17, 15) is 22.8 Å². The molecule has 1 aromatic rings. The Hall–Kier alpha value is -1.86. The molecule has 2 N–H and O–H groups in total. The molecule has 0 fully saturated rings. The number of H-pyrrole nitrogens is 1. The lowest BCUT2D eigenvalue weighted by molar-refractivity contribution is -0.138. The number of hydrogen-bond acceptors (Lipinski definition) is 4. The molecule has 0 radical (unpaired) electrons. The third-order valence-electron chi connectivity index (χ3n) is 1.73. The number of nitrogens with zero attached hydrogens (tertiary/aromatic N) is 1.